The summed E-state index contributed by atoms with van der Waals surface area (Å²) in [6, 6.07) is 18.5. The number of amides is 1. The quantitative estimate of drug-likeness (QED) is 0.336. The molecule has 2 fully saturated rings. The largest absolute Gasteiger partial charge is 0.356 e. The molecule has 2 aromatic heterocycles. The van der Waals surface area contributed by atoms with Gasteiger partial charge in [-0.15, -0.1) is 0 Å². The van der Waals surface area contributed by atoms with Crippen LogP contribution in [0.4, 0.5) is 0 Å². The lowest BCUT2D eigenvalue weighted by molar-refractivity contribution is -0.134. The number of rotatable bonds is 6. The van der Waals surface area contributed by atoms with Crippen molar-refractivity contribution in [2.24, 2.45) is 11.8 Å². The minimum Gasteiger partial charge on any atom is -0.356 e. The van der Waals surface area contributed by atoms with Gasteiger partial charge in [0.1, 0.15) is 0 Å². The lowest BCUT2D eigenvalue weighted by Crippen LogP contribution is -2.44. The summed E-state index contributed by atoms with van der Waals surface area (Å²) in [5.74, 6) is 1.65. The van der Waals surface area contributed by atoms with Crippen LogP contribution in [0.5, 0.6) is 0 Å². The minimum absolute atomic E-state index is 0.0635. The van der Waals surface area contributed by atoms with E-state index in [1.165, 1.54) is 5.56 Å². The van der Waals surface area contributed by atoms with Crippen LogP contribution in [0.2, 0.25) is 0 Å². The van der Waals surface area contributed by atoms with Crippen LogP contribution in [-0.2, 0) is 16.6 Å². The van der Waals surface area contributed by atoms with Crippen LogP contribution < -0.4 is 11.0 Å². The van der Waals surface area contributed by atoms with Gasteiger partial charge >= 0.3 is 5.69 Å². The van der Waals surface area contributed by atoms with E-state index in [4.69, 9.17) is 4.52 Å². The Morgan fingerprint density at radius 3 is 2.54 bits per heavy atom. The number of hydrogen-bond donors (Lipinski definition) is 2. The molecule has 1 amide bonds. The van der Waals surface area contributed by atoms with Gasteiger partial charge in [-0.1, -0.05) is 62.3 Å². The molecule has 0 aliphatic carbocycles. The number of carbonyl (C=O) groups is 1. The van der Waals surface area contributed by atoms with Gasteiger partial charge in [-0.25, -0.2) is 4.79 Å². The molecule has 2 atom stereocenters. The zero-order valence-electron chi connectivity index (χ0n) is 24.4. The van der Waals surface area contributed by atoms with Crippen molar-refractivity contribution in [3.05, 3.63) is 76.3 Å². The van der Waals surface area contributed by atoms with Crippen LogP contribution in [0.25, 0.3) is 22.4 Å². The van der Waals surface area contributed by atoms with Gasteiger partial charge in [-0.2, -0.15) is 0 Å². The number of fused-ring (bicyclic) bond motifs is 1. The number of nitrogens with zero attached hydrogens (tertiary/aromatic N) is 3. The maximum absolute atomic E-state index is 13.4. The van der Waals surface area contributed by atoms with Crippen molar-refractivity contribution in [2.45, 2.75) is 64.3 Å². The lowest BCUT2D eigenvalue weighted by Gasteiger charge is -2.36. The monoisotopic (exact) mass is 555 g/mol. The van der Waals surface area contributed by atoms with Crippen molar-refractivity contribution in [2.75, 3.05) is 26.2 Å². The molecule has 0 spiro atoms. The third kappa shape index (κ3) is 5.89. The molecule has 0 bridgehead atoms. The minimum atomic E-state index is -0.0635. The van der Waals surface area contributed by atoms with Crippen LogP contribution in [0.3, 0.4) is 0 Å². The Balaban J connectivity index is 1.06. The highest BCUT2D eigenvalue weighted by Crippen LogP contribution is 2.31. The first-order valence-corrected chi connectivity index (χ1v) is 15.0. The molecule has 2 aromatic carbocycles. The van der Waals surface area contributed by atoms with E-state index in [2.05, 4.69) is 66.6 Å². The van der Waals surface area contributed by atoms with E-state index in [9.17, 15) is 9.59 Å². The van der Waals surface area contributed by atoms with Gasteiger partial charge in [0.2, 0.25) is 5.91 Å². The summed E-state index contributed by atoms with van der Waals surface area (Å²) < 4.78 is 7.61. The predicted molar refractivity (Wildman–Crippen MR) is 161 cm³/mol. The summed E-state index contributed by atoms with van der Waals surface area (Å²) in [4.78, 5) is 31.0. The Morgan fingerprint density at radius 2 is 1.78 bits per heavy atom. The Labute approximate surface area is 241 Å². The first-order valence-electron chi connectivity index (χ1n) is 15.0. The van der Waals surface area contributed by atoms with Crippen LogP contribution in [0.1, 0.15) is 63.8 Å². The van der Waals surface area contributed by atoms with Crippen molar-refractivity contribution in [1.29, 1.82) is 0 Å². The zero-order chi connectivity index (χ0) is 28.6. The van der Waals surface area contributed by atoms with E-state index in [-0.39, 0.29) is 23.1 Å². The number of nitrogens with one attached hydrogen (secondary N) is 2. The molecular weight excluding hydrogens is 514 g/mol. The van der Waals surface area contributed by atoms with E-state index in [1.54, 1.807) is 0 Å². The van der Waals surface area contributed by atoms with Gasteiger partial charge in [0.05, 0.1) is 16.7 Å². The Bertz CT molecular complexity index is 1550. The van der Waals surface area contributed by atoms with Crippen molar-refractivity contribution >= 4 is 16.9 Å². The van der Waals surface area contributed by atoms with E-state index >= 15 is 0 Å². The highest BCUT2D eigenvalue weighted by molar-refractivity contribution is 5.77. The van der Waals surface area contributed by atoms with Gasteiger partial charge in [0.25, 0.3) is 0 Å². The molecule has 4 aromatic rings. The number of benzene rings is 2. The fourth-order valence-electron chi connectivity index (χ4n) is 6.60. The molecular formula is C33H41N5O3. The molecule has 2 saturated heterocycles. The first-order chi connectivity index (χ1) is 19.8. The highest BCUT2D eigenvalue weighted by atomic mass is 16.5. The summed E-state index contributed by atoms with van der Waals surface area (Å²) in [7, 11) is 0. The smallest absolute Gasteiger partial charge is 0.326 e. The average Bonchev–Trinajstić information content (AvgIpc) is 3.57. The highest BCUT2D eigenvalue weighted by Gasteiger charge is 2.32. The van der Waals surface area contributed by atoms with Gasteiger partial charge in [-0.3, -0.25) is 9.36 Å². The zero-order valence-corrected chi connectivity index (χ0v) is 24.4. The van der Waals surface area contributed by atoms with Crippen molar-refractivity contribution in [3.8, 4) is 11.3 Å². The Hall–Kier alpha value is -3.65. The van der Waals surface area contributed by atoms with Gasteiger partial charge in [0, 0.05) is 37.2 Å². The fraction of sp³-hybridized carbons (Fsp3) is 0.485. The van der Waals surface area contributed by atoms with E-state index in [0.717, 1.165) is 66.8 Å². The predicted octanol–water partition coefficient (Wildman–Crippen LogP) is 5.30. The number of imidazole rings is 1. The molecule has 6 rings (SSSR count). The Morgan fingerprint density at radius 1 is 1.02 bits per heavy atom. The molecule has 2 aliphatic heterocycles. The standard InChI is InChI=1S/C33H41N5O3/c1-33(2,3)25-10-8-22(9-11-25)30-20-26(36-41-30)18-24-21-34-15-12-23(24)19-31(39)37-16-13-27(14-17-37)38-29-7-5-4-6-28(29)35-32(38)40/h4-11,20,23-24,27,34H,12-19,21H2,1-3H3,(H,35,40)/t23-,24-/m0/s1. The molecule has 8 nitrogen and oxygen atoms in total. The molecule has 2 N–H and O–H groups in total. The average molecular weight is 556 g/mol. The number of aromatic nitrogens is 3. The number of hydrogen-bond acceptors (Lipinski definition) is 5. The molecule has 216 valence electrons. The molecule has 4 heterocycles. The number of piperidine rings is 2. The summed E-state index contributed by atoms with van der Waals surface area (Å²) in [6.45, 7) is 9.82. The number of para-hydroxylation sites is 2. The topological polar surface area (TPSA) is 96.2 Å². The van der Waals surface area contributed by atoms with Gasteiger partial charge in [0.15, 0.2) is 5.76 Å². The van der Waals surface area contributed by atoms with Gasteiger partial charge < -0.3 is 19.7 Å². The number of likely N-dealkylation sites (tertiary alicyclic amines) is 1. The van der Waals surface area contributed by atoms with E-state index < -0.39 is 0 Å². The van der Waals surface area contributed by atoms with Crippen molar-refractivity contribution in [1.82, 2.24) is 24.9 Å². The number of H-pyrrole nitrogens is 1. The molecule has 0 radical (unpaired) electrons. The Kier molecular flexibility index (Phi) is 7.60. The van der Waals surface area contributed by atoms with Crippen LogP contribution in [0.15, 0.2) is 63.9 Å². The SMILES string of the molecule is CC(C)(C)c1ccc(-c2cc(C[C@H]3CNCC[C@H]3CC(=O)N3CCC(n4c(=O)[nH]c5ccccc54)CC3)no2)cc1. The number of aromatic amines is 1. The first kappa shape index (κ1) is 27.5. The van der Waals surface area contributed by atoms with Crippen LogP contribution in [0, 0.1) is 11.8 Å². The van der Waals surface area contributed by atoms with Crippen molar-refractivity contribution in [3.63, 3.8) is 0 Å². The summed E-state index contributed by atoms with van der Waals surface area (Å²) in [5.41, 5.74) is 5.12. The maximum Gasteiger partial charge on any atom is 0.326 e. The normalized spacial score (nSPS) is 20.5. The summed E-state index contributed by atoms with van der Waals surface area (Å²) in [5, 5.41) is 7.91. The molecule has 41 heavy (non-hydrogen) atoms. The van der Waals surface area contributed by atoms with Crippen LogP contribution >= 0.6 is 0 Å². The van der Waals surface area contributed by atoms with E-state index in [1.807, 2.05) is 33.7 Å². The lowest BCUT2D eigenvalue weighted by atomic mass is 9.80. The second kappa shape index (κ2) is 11.3. The van der Waals surface area contributed by atoms with E-state index in [0.29, 0.717) is 31.3 Å². The molecule has 0 saturated carbocycles. The van der Waals surface area contributed by atoms with Crippen molar-refractivity contribution < 1.29 is 9.32 Å². The third-order valence-corrected chi connectivity index (χ3v) is 9.07. The fourth-order valence-corrected chi connectivity index (χ4v) is 6.60. The molecule has 8 heteroatoms. The summed E-state index contributed by atoms with van der Waals surface area (Å²) >= 11 is 0. The molecule has 0 unspecified atom stereocenters. The summed E-state index contributed by atoms with van der Waals surface area (Å²) in [6.07, 6.45) is 3.92. The second-order valence-corrected chi connectivity index (χ2v) is 12.9. The number of carbonyl (C=O) groups excluding carboxylic acids is 1. The maximum atomic E-state index is 13.4. The van der Waals surface area contributed by atoms with Crippen LogP contribution in [-0.4, -0.2) is 51.7 Å². The van der Waals surface area contributed by atoms with Gasteiger partial charge in [-0.05, 0) is 73.7 Å². The second-order valence-electron chi connectivity index (χ2n) is 12.9. The third-order valence-electron chi connectivity index (χ3n) is 9.07. The molecule has 2 aliphatic rings.